The summed E-state index contributed by atoms with van der Waals surface area (Å²) in [6.45, 7) is 6.35. The number of hydrogen-bond donors (Lipinski definition) is 2. The molecule has 0 radical (unpaired) electrons. The lowest BCUT2D eigenvalue weighted by Crippen LogP contribution is -2.11. The highest BCUT2D eigenvalue weighted by Crippen LogP contribution is 2.25. The summed E-state index contributed by atoms with van der Waals surface area (Å²) in [7, 11) is 0. The molecule has 2 N–H and O–H groups in total. The highest BCUT2D eigenvalue weighted by atomic mass is 35.5. The number of nitrogens with zero attached hydrogens (tertiary/aromatic N) is 2. The van der Waals surface area contributed by atoms with Crippen LogP contribution in [-0.4, -0.2) is 16.5 Å². The molecule has 1 heterocycles. The van der Waals surface area contributed by atoms with E-state index in [1.54, 1.807) is 13.0 Å². The molecule has 0 saturated carbocycles. The van der Waals surface area contributed by atoms with Gasteiger partial charge in [0, 0.05) is 6.54 Å². The van der Waals surface area contributed by atoms with Gasteiger partial charge in [0.15, 0.2) is 5.82 Å². The van der Waals surface area contributed by atoms with Crippen molar-refractivity contribution in [1.82, 2.24) is 9.97 Å². The maximum Gasteiger partial charge on any atom is 0.224 e. The minimum Gasteiger partial charge on any atom is -0.362 e. The predicted molar refractivity (Wildman–Crippen MR) is 84.4 cm³/mol. The molecule has 0 bridgehead atoms. The van der Waals surface area contributed by atoms with Gasteiger partial charge >= 0.3 is 0 Å². The number of aryl methyl sites for hydroxylation is 1. The second-order valence-corrected chi connectivity index (χ2v) is 5.20. The topological polar surface area (TPSA) is 49.8 Å². The van der Waals surface area contributed by atoms with Crippen molar-refractivity contribution in [3.63, 3.8) is 0 Å². The molecule has 1 atom stereocenters. The fraction of sp³-hybridized carbons (Fsp3) is 0.333. The summed E-state index contributed by atoms with van der Waals surface area (Å²) in [6.07, 6.45) is 1.54. The number of hydrogen-bond acceptors (Lipinski definition) is 4. The first-order chi connectivity index (χ1) is 10.0. The van der Waals surface area contributed by atoms with Crippen LogP contribution >= 0.6 is 11.6 Å². The van der Waals surface area contributed by atoms with E-state index >= 15 is 0 Å². The number of anilines is 2. The molecule has 0 aliphatic carbocycles. The van der Waals surface area contributed by atoms with Crippen molar-refractivity contribution in [2.24, 2.45) is 0 Å². The Hall–Kier alpha value is -1.88. The molecule has 2 aromatic rings. The van der Waals surface area contributed by atoms with E-state index in [4.69, 9.17) is 11.6 Å². The number of aromatic nitrogens is 2. The van der Waals surface area contributed by atoms with Gasteiger partial charge in [0.1, 0.15) is 10.8 Å². The van der Waals surface area contributed by atoms with E-state index in [0.29, 0.717) is 22.4 Å². The minimum absolute atomic E-state index is 0.123. The van der Waals surface area contributed by atoms with Crippen molar-refractivity contribution in [2.45, 2.75) is 26.8 Å². The highest BCUT2D eigenvalue weighted by Gasteiger charge is 2.11. The van der Waals surface area contributed by atoms with Gasteiger partial charge in [-0.25, -0.2) is 9.37 Å². The zero-order valence-corrected chi connectivity index (χ0v) is 13.0. The van der Waals surface area contributed by atoms with Crippen molar-refractivity contribution in [2.75, 3.05) is 17.2 Å². The molecule has 1 aromatic carbocycles. The molecule has 6 heteroatoms. The predicted octanol–water partition coefficient (Wildman–Crippen LogP) is 4.18. The molecule has 0 aliphatic rings. The van der Waals surface area contributed by atoms with E-state index in [0.717, 1.165) is 12.1 Å². The highest BCUT2D eigenvalue weighted by molar-refractivity contribution is 6.32. The summed E-state index contributed by atoms with van der Waals surface area (Å²) in [6, 6.07) is 5.04. The normalized spacial score (nSPS) is 12.0. The Balaban J connectivity index is 2.20. The van der Waals surface area contributed by atoms with Gasteiger partial charge in [-0.3, -0.25) is 0 Å². The molecular weight excluding hydrogens is 291 g/mol. The summed E-state index contributed by atoms with van der Waals surface area (Å²) in [5, 5.41) is 6.63. The van der Waals surface area contributed by atoms with Crippen LogP contribution in [0.4, 0.5) is 16.2 Å². The third-order valence-corrected chi connectivity index (χ3v) is 3.40. The maximum atomic E-state index is 13.6. The van der Waals surface area contributed by atoms with Crippen LogP contribution in [0, 0.1) is 12.7 Å². The number of benzene rings is 1. The van der Waals surface area contributed by atoms with Crippen LogP contribution in [0.2, 0.25) is 5.02 Å². The Bertz CT molecular complexity index is 633. The van der Waals surface area contributed by atoms with Crippen molar-refractivity contribution in [3.05, 3.63) is 46.4 Å². The fourth-order valence-corrected chi connectivity index (χ4v) is 2.02. The molecule has 0 aliphatic heterocycles. The van der Waals surface area contributed by atoms with Crippen LogP contribution in [-0.2, 0) is 0 Å². The third kappa shape index (κ3) is 3.82. The Morgan fingerprint density at radius 1 is 1.38 bits per heavy atom. The lowest BCUT2D eigenvalue weighted by Gasteiger charge is -2.17. The van der Waals surface area contributed by atoms with Crippen LogP contribution in [0.5, 0.6) is 0 Å². The van der Waals surface area contributed by atoms with E-state index in [1.165, 1.54) is 12.3 Å². The van der Waals surface area contributed by atoms with Gasteiger partial charge in [-0.2, -0.15) is 4.98 Å². The zero-order chi connectivity index (χ0) is 15.4. The summed E-state index contributed by atoms with van der Waals surface area (Å²) in [4.78, 5) is 8.39. The lowest BCUT2D eigenvalue weighted by atomic mass is 10.1. The first kappa shape index (κ1) is 15.5. The summed E-state index contributed by atoms with van der Waals surface area (Å²) < 4.78 is 13.6. The van der Waals surface area contributed by atoms with Crippen LogP contribution in [0.3, 0.4) is 0 Å². The Morgan fingerprint density at radius 2 is 2.14 bits per heavy atom. The molecule has 112 valence electrons. The van der Waals surface area contributed by atoms with Gasteiger partial charge in [0.2, 0.25) is 5.95 Å². The first-order valence-electron chi connectivity index (χ1n) is 6.80. The third-order valence-electron chi connectivity index (χ3n) is 3.13. The van der Waals surface area contributed by atoms with Gasteiger partial charge in [0.05, 0.1) is 12.2 Å². The summed E-state index contributed by atoms with van der Waals surface area (Å²) >= 11 is 6.10. The average molecular weight is 309 g/mol. The summed E-state index contributed by atoms with van der Waals surface area (Å²) in [5.74, 6) is 0.811. The van der Waals surface area contributed by atoms with Crippen LogP contribution in [0.1, 0.15) is 31.0 Å². The zero-order valence-electron chi connectivity index (χ0n) is 12.2. The van der Waals surface area contributed by atoms with Crippen molar-refractivity contribution in [1.29, 1.82) is 0 Å². The first-order valence-corrected chi connectivity index (χ1v) is 7.18. The van der Waals surface area contributed by atoms with E-state index in [9.17, 15) is 4.39 Å². The van der Waals surface area contributed by atoms with Gasteiger partial charge in [-0.05, 0) is 38.0 Å². The number of halogens is 2. The van der Waals surface area contributed by atoms with Gasteiger partial charge in [-0.1, -0.05) is 23.7 Å². The van der Waals surface area contributed by atoms with E-state index in [1.807, 2.05) is 19.9 Å². The standard InChI is InChI=1S/C15H18ClFN4/c1-4-18-15-19-8-12(16)14(21-15)20-10(3)11-6-5-9(2)13(17)7-11/h5-8,10H,4H2,1-3H3,(H2,18,19,20,21). The molecule has 1 aromatic heterocycles. The van der Waals surface area contributed by atoms with Crippen molar-refractivity contribution in [3.8, 4) is 0 Å². The molecule has 21 heavy (non-hydrogen) atoms. The molecule has 1 unspecified atom stereocenters. The minimum atomic E-state index is -0.219. The molecule has 0 amide bonds. The Morgan fingerprint density at radius 3 is 2.81 bits per heavy atom. The van der Waals surface area contributed by atoms with Crippen LogP contribution in [0.15, 0.2) is 24.4 Å². The number of rotatable bonds is 5. The average Bonchev–Trinajstić information content (AvgIpc) is 2.45. The van der Waals surface area contributed by atoms with E-state index < -0.39 is 0 Å². The number of nitrogens with one attached hydrogen (secondary N) is 2. The van der Waals surface area contributed by atoms with Gasteiger partial charge in [0.25, 0.3) is 0 Å². The Kier molecular flexibility index (Phi) is 4.96. The second kappa shape index (κ2) is 6.72. The van der Waals surface area contributed by atoms with Crippen LogP contribution < -0.4 is 10.6 Å². The van der Waals surface area contributed by atoms with E-state index in [-0.39, 0.29) is 11.9 Å². The van der Waals surface area contributed by atoms with Crippen molar-refractivity contribution >= 4 is 23.4 Å². The molecule has 4 nitrogen and oxygen atoms in total. The SMILES string of the molecule is CCNc1ncc(Cl)c(NC(C)c2ccc(C)c(F)c2)n1. The van der Waals surface area contributed by atoms with E-state index in [2.05, 4.69) is 20.6 Å². The maximum absolute atomic E-state index is 13.6. The Labute approximate surface area is 128 Å². The van der Waals surface area contributed by atoms with Gasteiger partial charge in [-0.15, -0.1) is 0 Å². The largest absolute Gasteiger partial charge is 0.362 e. The molecule has 0 spiro atoms. The quantitative estimate of drug-likeness (QED) is 0.870. The van der Waals surface area contributed by atoms with Gasteiger partial charge < -0.3 is 10.6 Å². The molecule has 0 fully saturated rings. The molecule has 2 rings (SSSR count). The lowest BCUT2D eigenvalue weighted by molar-refractivity contribution is 0.614. The fourth-order valence-electron chi connectivity index (χ4n) is 1.88. The molecular formula is C15H18ClFN4. The summed E-state index contributed by atoms with van der Waals surface area (Å²) in [5.41, 5.74) is 1.46. The van der Waals surface area contributed by atoms with Crippen molar-refractivity contribution < 1.29 is 4.39 Å². The monoisotopic (exact) mass is 308 g/mol. The molecule has 0 saturated heterocycles. The van der Waals surface area contributed by atoms with Crippen LogP contribution in [0.25, 0.3) is 0 Å². The second-order valence-electron chi connectivity index (χ2n) is 4.80. The smallest absolute Gasteiger partial charge is 0.224 e.